The van der Waals surface area contributed by atoms with Crippen LogP contribution in [-0.4, -0.2) is 25.4 Å². The topological polar surface area (TPSA) is 47.9 Å². The second kappa shape index (κ2) is 6.23. The van der Waals surface area contributed by atoms with Crippen molar-refractivity contribution in [3.8, 4) is 17.2 Å². The first kappa shape index (κ1) is 12.6. The Morgan fingerprint density at radius 2 is 1.56 bits per heavy atom. The number of hydrogen-bond acceptors (Lipinski definition) is 4. The molecule has 0 aliphatic rings. The highest BCUT2D eigenvalue weighted by atomic mass is 16.5. The van der Waals surface area contributed by atoms with Gasteiger partial charge in [-0.05, 0) is 31.5 Å². The molecule has 1 rings (SSSR count). The zero-order valence-electron chi connectivity index (χ0n) is 9.95. The van der Waals surface area contributed by atoms with Crippen molar-refractivity contribution in [2.75, 3.05) is 20.3 Å². The molecule has 16 heavy (non-hydrogen) atoms. The number of methoxy groups -OCH3 is 1. The molecule has 90 valence electrons. The summed E-state index contributed by atoms with van der Waals surface area (Å²) in [5.41, 5.74) is 0.743. The Hall–Kier alpha value is -1.42. The first-order chi connectivity index (χ1) is 7.76. The summed E-state index contributed by atoms with van der Waals surface area (Å²) < 4.78 is 16.1. The van der Waals surface area contributed by atoms with E-state index in [1.54, 1.807) is 19.2 Å². The van der Waals surface area contributed by atoms with Gasteiger partial charge >= 0.3 is 0 Å². The maximum atomic E-state index is 9.13. The molecule has 0 saturated carbocycles. The number of ether oxygens (including phenoxy) is 3. The first-order valence-corrected chi connectivity index (χ1v) is 5.34. The Balaban J connectivity index is 3.16. The fraction of sp³-hybridized carbons (Fsp3) is 0.500. The molecule has 0 unspecified atom stereocenters. The zero-order chi connectivity index (χ0) is 12.0. The Labute approximate surface area is 95.8 Å². The van der Waals surface area contributed by atoms with Crippen molar-refractivity contribution in [3.05, 3.63) is 17.7 Å². The lowest BCUT2D eigenvalue weighted by Gasteiger charge is -2.15. The van der Waals surface area contributed by atoms with Crippen LogP contribution in [0.4, 0.5) is 0 Å². The van der Waals surface area contributed by atoms with Crippen molar-refractivity contribution >= 4 is 0 Å². The molecule has 0 bridgehead atoms. The molecule has 0 aromatic heterocycles. The molecule has 0 spiro atoms. The van der Waals surface area contributed by atoms with E-state index in [1.165, 1.54) is 0 Å². The van der Waals surface area contributed by atoms with Crippen LogP contribution in [0.3, 0.4) is 0 Å². The third-order valence-corrected chi connectivity index (χ3v) is 2.07. The smallest absolute Gasteiger partial charge is 0.203 e. The van der Waals surface area contributed by atoms with Crippen LogP contribution in [0.2, 0.25) is 0 Å². The largest absolute Gasteiger partial charge is 0.490 e. The van der Waals surface area contributed by atoms with Gasteiger partial charge in [0, 0.05) is 0 Å². The quantitative estimate of drug-likeness (QED) is 0.805. The molecule has 4 nitrogen and oxygen atoms in total. The fourth-order valence-electron chi connectivity index (χ4n) is 1.45. The van der Waals surface area contributed by atoms with E-state index in [4.69, 9.17) is 19.3 Å². The van der Waals surface area contributed by atoms with Gasteiger partial charge < -0.3 is 19.3 Å². The van der Waals surface area contributed by atoms with Crippen LogP contribution in [-0.2, 0) is 6.61 Å². The summed E-state index contributed by atoms with van der Waals surface area (Å²) in [4.78, 5) is 0. The van der Waals surface area contributed by atoms with Gasteiger partial charge in [0.15, 0.2) is 11.5 Å². The lowest BCUT2D eigenvalue weighted by atomic mass is 10.2. The summed E-state index contributed by atoms with van der Waals surface area (Å²) in [7, 11) is 1.57. The van der Waals surface area contributed by atoms with Crippen molar-refractivity contribution in [1.82, 2.24) is 0 Å². The predicted octanol–water partition coefficient (Wildman–Crippen LogP) is 1.98. The molecule has 0 aliphatic heterocycles. The average Bonchev–Trinajstić information content (AvgIpc) is 2.29. The third kappa shape index (κ3) is 2.79. The number of aliphatic hydroxyl groups is 1. The highest BCUT2D eigenvalue weighted by Gasteiger charge is 2.13. The maximum absolute atomic E-state index is 9.13. The number of aliphatic hydroxyl groups excluding tert-OH is 1. The van der Waals surface area contributed by atoms with Crippen molar-refractivity contribution < 1.29 is 19.3 Å². The van der Waals surface area contributed by atoms with Crippen LogP contribution in [0.1, 0.15) is 19.4 Å². The number of hydrogen-bond donors (Lipinski definition) is 1. The van der Waals surface area contributed by atoms with Crippen LogP contribution in [0.5, 0.6) is 17.2 Å². The first-order valence-electron chi connectivity index (χ1n) is 5.34. The molecule has 0 atom stereocenters. The van der Waals surface area contributed by atoms with Crippen LogP contribution in [0.15, 0.2) is 12.1 Å². The average molecular weight is 226 g/mol. The van der Waals surface area contributed by atoms with E-state index in [2.05, 4.69) is 0 Å². The summed E-state index contributed by atoms with van der Waals surface area (Å²) >= 11 is 0. The Morgan fingerprint density at radius 1 is 1.06 bits per heavy atom. The van der Waals surface area contributed by atoms with Crippen LogP contribution in [0, 0.1) is 0 Å². The lowest BCUT2D eigenvalue weighted by Crippen LogP contribution is -2.01. The maximum Gasteiger partial charge on any atom is 0.203 e. The van der Waals surface area contributed by atoms with Crippen molar-refractivity contribution in [2.45, 2.75) is 20.5 Å². The van der Waals surface area contributed by atoms with Crippen molar-refractivity contribution in [2.24, 2.45) is 0 Å². The van der Waals surface area contributed by atoms with Crippen LogP contribution >= 0.6 is 0 Å². The molecular formula is C12H18O4. The lowest BCUT2D eigenvalue weighted by molar-refractivity contribution is 0.267. The van der Waals surface area contributed by atoms with E-state index in [0.29, 0.717) is 30.5 Å². The Morgan fingerprint density at radius 3 is 1.88 bits per heavy atom. The summed E-state index contributed by atoms with van der Waals surface area (Å²) in [6.07, 6.45) is 0. The Kier molecular flexibility index (Phi) is 4.92. The highest BCUT2D eigenvalue weighted by molar-refractivity contribution is 5.53. The van der Waals surface area contributed by atoms with E-state index in [1.807, 2.05) is 13.8 Å². The molecule has 0 fully saturated rings. The minimum Gasteiger partial charge on any atom is -0.490 e. The van der Waals surface area contributed by atoms with E-state index < -0.39 is 0 Å². The molecule has 0 radical (unpaired) electrons. The molecule has 4 heteroatoms. The summed E-state index contributed by atoms with van der Waals surface area (Å²) in [5.74, 6) is 1.76. The molecule has 1 aromatic carbocycles. The summed E-state index contributed by atoms with van der Waals surface area (Å²) in [6.45, 7) is 4.81. The van der Waals surface area contributed by atoms with Gasteiger partial charge in [0.1, 0.15) is 0 Å². The number of rotatable bonds is 6. The normalized spacial score (nSPS) is 10.0. The van der Waals surface area contributed by atoms with Crippen molar-refractivity contribution in [3.63, 3.8) is 0 Å². The second-order valence-electron chi connectivity index (χ2n) is 3.15. The molecule has 1 N–H and O–H groups in total. The van der Waals surface area contributed by atoms with Gasteiger partial charge in [-0.25, -0.2) is 0 Å². The minimum atomic E-state index is -0.0514. The van der Waals surface area contributed by atoms with Gasteiger partial charge in [-0.2, -0.15) is 0 Å². The number of benzene rings is 1. The third-order valence-electron chi connectivity index (χ3n) is 2.07. The summed E-state index contributed by atoms with van der Waals surface area (Å²) in [6, 6.07) is 3.51. The zero-order valence-corrected chi connectivity index (χ0v) is 9.95. The Bertz CT molecular complexity index is 309. The van der Waals surface area contributed by atoms with Gasteiger partial charge in [0.25, 0.3) is 0 Å². The van der Waals surface area contributed by atoms with Gasteiger partial charge in [-0.3, -0.25) is 0 Å². The SMILES string of the molecule is CCOc1cc(CO)cc(OCC)c1OC. The van der Waals surface area contributed by atoms with E-state index in [0.717, 1.165) is 5.56 Å². The van der Waals surface area contributed by atoms with Gasteiger partial charge in [0.05, 0.1) is 26.9 Å². The van der Waals surface area contributed by atoms with E-state index in [-0.39, 0.29) is 6.61 Å². The van der Waals surface area contributed by atoms with Crippen LogP contribution < -0.4 is 14.2 Å². The van der Waals surface area contributed by atoms with Crippen LogP contribution in [0.25, 0.3) is 0 Å². The molecule has 0 amide bonds. The van der Waals surface area contributed by atoms with E-state index >= 15 is 0 Å². The fourth-order valence-corrected chi connectivity index (χ4v) is 1.45. The van der Waals surface area contributed by atoms with Gasteiger partial charge in [0.2, 0.25) is 5.75 Å². The molecular weight excluding hydrogens is 208 g/mol. The molecule has 0 saturated heterocycles. The summed E-state index contributed by atoms with van der Waals surface area (Å²) in [5, 5.41) is 9.13. The molecule has 0 heterocycles. The molecule has 0 aliphatic carbocycles. The minimum absolute atomic E-state index is 0.0514. The highest BCUT2D eigenvalue weighted by Crippen LogP contribution is 2.38. The predicted molar refractivity (Wildman–Crippen MR) is 61.3 cm³/mol. The van der Waals surface area contributed by atoms with Gasteiger partial charge in [-0.15, -0.1) is 0 Å². The van der Waals surface area contributed by atoms with Crippen molar-refractivity contribution in [1.29, 1.82) is 0 Å². The molecule has 1 aromatic rings. The second-order valence-corrected chi connectivity index (χ2v) is 3.15. The monoisotopic (exact) mass is 226 g/mol. The standard InChI is InChI=1S/C12H18O4/c1-4-15-10-6-9(8-13)7-11(16-5-2)12(10)14-3/h6-7,13H,4-5,8H2,1-3H3. The van der Waals surface area contributed by atoms with Gasteiger partial charge in [-0.1, -0.05) is 0 Å². The van der Waals surface area contributed by atoms with E-state index in [9.17, 15) is 0 Å².